The Morgan fingerprint density at radius 2 is 1.93 bits per heavy atom. The lowest BCUT2D eigenvalue weighted by atomic mass is 9.65. The first-order chi connectivity index (χ1) is 20.3. The molecule has 2 amide bonds. The van der Waals surface area contributed by atoms with Crippen LogP contribution in [0.3, 0.4) is 0 Å². The lowest BCUT2D eigenvalue weighted by Gasteiger charge is -2.39. The van der Waals surface area contributed by atoms with Gasteiger partial charge in [0.15, 0.2) is 0 Å². The Morgan fingerprint density at radius 3 is 2.62 bits per heavy atom. The molecule has 2 N–H and O–H groups in total. The van der Waals surface area contributed by atoms with Crippen LogP contribution >= 0.6 is 0 Å². The predicted molar refractivity (Wildman–Crippen MR) is 152 cm³/mol. The molecule has 11 nitrogen and oxygen atoms in total. The van der Waals surface area contributed by atoms with Crippen LogP contribution in [0.25, 0.3) is 11.0 Å². The van der Waals surface area contributed by atoms with Crippen LogP contribution in [0.5, 0.6) is 0 Å². The topological polar surface area (TPSA) is 138 Å². The number of aliphatic hydroxyl groups excluding tert-OH is 1. The molecule has 0 aliphatic carbocycles. The number of fused-ring (bicyclic) bond motifs is 2. The SMILES string of the molecule is C=CCN(Cn1nnc2ccccc21)C(=O)C1N([C@@H](CO)Cc2ccccc2)C(=O)[C@@H]2[C@@H](C(=O)O)[C@@]3(CC)CCC12O3. The highest BCUT2D eigenvalue weighted by Crippen LogP contribution is 2.64. The first-order valence-electron chi connectivity index (χ1n) is 14.4. The standard InChI is InChI=1S/C31H35N5O6/c1-3-16-34(19-35-23-13-9-8-12-22(23)32-33-35)28(39)26-31-15-14-30(4-2,42-31)25(29(40)41)24(31)27(38)36(26)21(18-37)17-20-10-6-5-7-11-20/h3,5-13,21,24-26,37H,1,4,14-19H2,2H3,(H,40,41)/t21-,24+,25+,26?,30-,31?/m1/s1. The Labute approximate surface area is 243 Å². The molecule has 42 heavy (non-hydrogen) atoms. The minimum Gasteiger partial charge on any atom is -0.481 e. The van der Waals surface area contributed by atoms with Crippen LogP contribution in [0.1, 0.15) is 31.7 Å². The summed E-state index contributed by atoms with van der Waals surface area (Å²) in [6.07, 6.45) is 3.10. The largest absolute Gasteiger partial charge is 0.481 e. The fraction of sp³-hybridized carbons (Fsp3) is 0.452. The second-order valence-electron chi connectivity index (χ2n) is 11.5. The van der Waals surface area contributed by atoms with E-state index < -0.39 is 59.5 Å². The van der Waals surface area contributed by atoms with E-state index in [1.807, 2.05) is 61.5 Å². The van der Waals surface area contributed by atoms with Crippen molar-refractivity contribution >= 4 is 28.8 Å². The predicted octanol–water partition coefficient (Wildman–Crippen LogP) is 2.25. The van der Waals surface area contributed by atoms with Crippen molar-refractivity contribution < 1.29 is 29.3 Å². The van der Waals surface area contributed by atoms with Gasteiger partial charge in [0.1, 0.15) is 29.7 Å². The van der Waals surface area contributed by atoms with Gasteiger partial charge in [0.05, 0.1) is 29.7 Å². The van der Waals surface area contributed by atoms with E-state index in [2.05, 4.69) is 16.9 Å². The number of carbonyl (C=O) groups is 3. The second kappa shape index (κ2) is 10.6. The smallest absolute Gasteiger partial charge is 0.310 e. The number of benzene rings is 2. The number of hydrogen-bond acceptors (Lipinski definition) is 7. The molecule has 220 valence electrons. The molecule has 1 aromatic heterocycles. The van der Waals surface area contributed by atoms with E-state index in [-0.39, 0.29) is 13.2 Å². The van der Waals surface area contributed by atoms with Crippen LogP contribution in [0.15, 0.2) is 67.3 Å². The zero-order valence-corrected chi connectivity index (χ0v) is 23.5. The number of rotatable bonds is 11. The second-order valence-corrected chi connectivity index (χ2v) is 11.5. The molecule has 1 spiro atoms. The van der Waals surface area contributed by atoms with Crippen LogP contribution in [-0.4, -0.2) is 89.2 Å². The van der Waals surface area contributed by atoms with E-state index in [1.54, 1.807) is 10.8 Å². The van der Waals surface area contributed by atoms with E-state index >= 15 is 0 Å². The minimum absolute atomic E-state index is 0.0361. The van der Waals surface area contributed by atoms with E-state index in [9.17, 15) is 24.6 Å². The Hall–Kier alpha value is -4.09. The minimum atomic E-state index is -1.33. The van der Waals surface area contributed by atoms with Crippen molar-refractivity contribution in [1.29, 1.82) is 0 Å². The Kier molecular flexibility index (Phi) is 7.10. The third-order valence-corrected chi connectivity index (χ3v) is 9.42. The number of para-hydroxylation sites is 1. The Balaban J connectivity index is 1.44. The molecule has 2 aromatic carbocycles. The van der Waals surface area contributed by atoms with Crippen molar-refractivity contribution in [3.63, 3.8) is 0 Å². The molecule has 4 heterocycles. The number of aromatic nitrogens is 3. The van der Waals surface area contributed by atoms with Crippen molar-refractivity contribution in [2.24, 2.45) is 11.8 Å². The summed E-state index contributed by atoms with van der Waals surface area (Å²) in [5.74, 6) is -4.11. The highest BCUT2D eigenvalue weighted by molar-refractivity contribution is 5.98. The number of carboxylic acid groups (broad SMARTS) is 1. The fourth-order valence-electron chi connectivity index (χ4n) is 7.57. The molecule has 6 rings (SSSR count). The van der Waals surface area contributed by atoms with E-state index in [0.717, 1.165) is 11.1 Å². The van der Waals surface area contributed by atoms with Gasteiger partial charge in [0.2, 0.25) is 11.8 Å². The van der Waals surface area contributed by atoms with Gasteiger partial charge in [0.25, 0.3) is 0 Å². The van der Waals surface area contributed by atoms with E-state index in [1.165, 1.54) is 9.80 Å². The molecular weight excluding hydrogens is 538 g/mol. The van der Waals surface area contributed by atoms with Crippen molar-refractivity contribution in [2.75, 3.05) is 13.2 Å². The van der Waals surface area contributed by atoms with Crippen molar-refractivity contribution in [2.45, 2.75) is 62.6 Å². The van der Waals surface area contributed by atoms with Gasteiger partial charge in [-0.3, -0.25) is 14.4 Å². The third-order valence-electron chi connectivity index (χ3n) is 9.42. The van der Waals surface area contributed by atoms with Gasteiger partial charge in [-0.15, -0.1) is 11.7 Å². The van der Waals surface area contributed by atoms with Crippen LogP contribution in [0.2, 0.25) is 0 Å². The monoisotopic (exact) mass is 573 g/mol. The highest BCUT2D eigenvalue weighted by atomic mass is 16.5. The van der Waals surface area contributed by atoms with Crippen LogP contribution in [0.4, 0.5) is 0 Å². The summed E-state index contributed by atoms with van der Waals surface area (Å²) in [7, 11) is 0. The normalized spacial score (nSPS) is 28.7. The van der Waals surface area contributed by atoms with Crippen molar-refractivity contribution in [3.8, 4) is 0 Å². The number of amides is 2. The average Bonchev–Trinajstić information content (AvgIpc) is 3.73. The van der Waals surface area contributed by atoms with Crippen LogP contribution in [-0.2, 0) is 32.2 Å². The summed E-state index contributed by atoms with van der Waals surface area (Å²) in [4.78, 5) is 44.8. The number of carbonyl (C=O) groups excluding carboxylic acids is 2. The van der Waals surface area contributed by atoms with Crippen molar-refractivity contribution in [3.05, 3.63) is 72.8 Å². The summed E-state index contributed by atoms with van der Waals surface area (Å²) >= 11 is 0. The van der Waals surface area contributed by atoms with E-state index in [0.29, 0.717) is 31.2 Å². The molecule has 3 aliphatic rings. The molecule has 3 fully saturated rings. The number of aliphatic carboxylic acids is 1. The summed E-state index contributed by atoms with van der Waals surface area (Å²) in [5.41, 5.74) is -0.0690. The Morgan fingerprint density at radius 1 is 1.19 bits per heavy atom. The third kappa shape index (κ3) is 4.13. The zero-order valence-electron chi connectivity index (χ0n) is 23.5. The van der Waals surface area contributed by atoms with Crippen molar-refractivity contribution in [1.82, 2.24) is 24.8 Å². The molecule has 11 heteroatoms. The highest BCUT2D eigenvalue weighted by Gasteiger charge is 2.79. The number of ether oxygens (including phenoxy) is 1. The molecule has 0 radical (unpaired) electrons. The van der Waals surface area contributed by atoms with Gasteiger partial charge in [-0.05, 0) is 43.4 Å². The average molecular weight is 574 g/mol. The number of likely N-dealkylation sites (tertiary alicyclic amines) is 1. The Bertz CT molecular complexity index is 1530. The van der Waals surface area contributed by atoms with Gasteiger partial charge in [-0.1, -0.05) is 60.7 Å². The van der Waals surface area contributed by atoms with E-state index in [4.69, 9.17) is 4.74 Å². The lowest BCUT2D eigenvalue weighted by Crippen LogP contribution is -2.59. The molecule has 0 saturated carbocycles. The molecule has 3 aromatic rings. The summed E-state index contributed by atoms with van der Waals surface area (Å²) in [6.45, 7) is 5.49. The van der Waals surface area contributed by atoms with Gasteiger partial charge in [0, 0.05) is 6.54 Å². The quantitative estimate of drug-likeness (QED) is 0.333. The van der Waals surface area contributed by atoms with Gasteiger partial charge < -0.3 is 24.7 Å². The number of hydrogen-bond donors (Lipinski definition) is 2. The lowest BCUT2D eigenvalue weighted by molar-refractivity contribution is -0.160. The maximum atomic E-state index is 14.7. The molecule has 3 saturated heterocycles. The van der Waals surface area contributed by atoms with Gasteiger partial charge >= 0.3 is 5.97 Å². The molecule has 2 bridgehead atoms. The summed E-state index contributed by atoms with van der Waals surface area (Å²) in [6, 6.07) is 14.9. The maximum absolute atomic E-state index is 14.7. The van der Waals surface area contributed by atoms with Crippen LogP contribution < -0.4 is 0 Å². The van der Waals surface area contributed by atoms with Crippen LogP contribution in [0, 0.1) is 11.8 Å². The number of aliphatic hydroxyl groups is 1. The molecule has 6 atom stereocenters. The summed E-state index contributed by atoms with van der Waals surface area (Å²) < 4.78 is 8.29. The van der Waals surface area contributed by atoms with Gasteiger partial charge in [-0.25, -0.2) is 4.68 Å². The fourth-order valence-corrected chi connectivity index (χ4v) is 7.57. The molecule has 2 unspecified atom stereocenters. The first kappa shape index (κ1) is 28.0. The number of nitrogens with zero attached hydrogens (tertiary/aromatic N) is 5. The maximum Gasteiger partial charge on any atom is 0.310 e. The summed E-state index contributed by atoms with van der Waals surface area (Å²) in [5, 5.41) is 29.4. The number of carboxylic acids is 1. The molecule has 3 aliphatic heterocycles. The zero-order chi connectivity index (χ0) is 29.6. The first-order valence-corrected chi connectivity index (χ1v) is 14.4. The molecular formula is C31H35N5O6. The van der Waals surface area contributed by atoms with Gasteiger partial charge in [-0.2, -0.15) is 0 Å².